The van der Waals surface area contributed by atoms with Crippen molar-refractivity contribution in [3.05, 3.63) is 47.5 Å². The van der Waals surface area contributed by atoms with Gasteiger partial charge in [0, 0.05) is 5.56 Å². The highest BCUT2D eigenvalue weighted by Gasteiger charge is 2.18. The fourth-order valence-electron chi connectivity index (χ4n) is 2.73. The summed E-state index contributed by atoms with van der Waals surface area (Å²) in [5, 5.41) is 2.92. The molecule has 0 saturated heterocycles. The maximum absolute atomic E-state index is 12.6. The Balaban J connectivity index is 2.00. The third-order valence-electron chi connectivity index (χ3n) is 4.35. The van der Waals surface area contributed by atoms with Crippen molar-refractivity contribution < 1.29 is 23.7 Å². The SMILES string of the molecule is COc1cc(C(=O)N[C@@H](C)COc2ccc(C(C)C)cc2)cc(OC)c1OC. The third kappa shape index (κ3) is 5.31. The number of amides is 1. The van der Waals surface area contributed by atoms with Crippen LogP contribution < -0.4 is 24.3 Å². The summed E-state index contributed by atoms with van der Waals surface area (Å²) in [5.74, 6) is 2.32. The summed E-state index contributed by atoms with van der Waals surface area (Å²) >= 11 is 0. The molecule has 0 aliphatic rings. The average molecular weight is 387 g/mol. The van der Waals surface area contributed by atoms with E-state index in [9.17, 15) is 4.79 Å². The Kier molecular flexibility index (Phi) is 7.55. The highest BCUT2D eigenvalue weighted by molar-refractivity contribution is 5.95. The van der Waals surface area contributed by atoms with Crippen LogP contribution in [0.5, 0.6) is 23.0 Å². The van der Waals surface area contributed by atoms with E-state index in [4.69, 9.17) is 18.9 Å². The van der Waals surface area contributed by atoms with Gasteiger partial charge in [0.1, 0.15) is 12.4 Å². The van der Waals surface area contributed by atoms with Crippen LogP contribution in [0.15, 0.2) is 36.4 Å². The van der Waals surface area contributed by atoms with Gasteiger partial charge in [-0.25, -0.2) is 0 Å². The van der Waals surface area contributed by atoms with Gasteiger partial charge in [-0.1, -0.05) is 26.0 Å². The lowest BCUT2D eigenvalue weighted by Crippen LogP contribution is -2.36. The summed E-state index contributed by atoms with van der Waals surface area (Å²) in [6.07, 6.45) is 0. The molecule has 2 aromatic rings. The molecule has 0 heterocycles. The summed E-state index contributed by atoms with van der Waals surface area (Å²) in [5.41, 5.74) is 1.68. The van der Waals surface area contributed by atoms with Gasteiger partial charge < -0.3 is 24.3 Å². The van der Waals surface area contributed by atoms with Crippen LogP contribution in [-0.4, -0.2) is 39.9 Å². The molecule has 6 nitrogen and oxygen atoms in total. The highest BCUT2D eigenvalue weighted by atomic mass is 16.5. The fourth-order valence-corrected chi connectivity index (χ4v) is 2.73. The highest BCUT2D eigenvalue weighted by Crippen LogP contribution is 2.38. The van der Waals surface area contributed by atoms with Gasteiger partial charge in [-0.3, -0.25) is 4.79 Å². The molecule has 0 spiro atoms. The average Bonchev–Trinajstić information content (AvgIpc) is 2.71. The van der Waals surface area contributed by atoms with E-state index in [0.29, 0.717) is 35.3 Å². The van der Waals surface area contributed by atoms with Crippen molar-refractivity contribution in [2.45, 2.75) is 32.7 Å². The van der Waals surface area contributed by atoms with E-state index < -0.39 is 0 Å². The van der Waals surface area contributed by atoms with Crippen LogP contribution in [0.4, 0.5) is 0 Å². The van der Waals surface area contributed by atoms with Crippen LogP contribution in [0.2, 0.25) is 0 Å². The molecule has 152 valence electrons. The Bertz CT molecular complexity index is 761. The molecule has 1 atom stereocenters. The minimum absolute atomic E-state index is 0.184. The molecule has 6 heteroatoms. The zero-order chi connectivity index (χ0) is 20.7. The quantitative estimate of drug-likeness (QED) is 0.704. The smallest absolute Gasteiger partial charge is 0.251 e. The molecule has 0 aliphatic carbocycles. The van der Waals surface area contributed by atoms with Crippen molar-refractivity contribution >= 4 is 5.91 Å². The van der Waals surface area contributed by atoms with E-state index in [0.717, 1.165) is 5.75 Å². The Morgan fingerprint density at radius 1 is 0.929 bits per heavy atom. The number of hydrogen-bond donors (Lipinski definition) is 1. The Morgan fingerprint density at radius 3 is 1.96 bits per heavy atom. The zero-order valence-corrected chi connectivity index (χ0v) is 17.4. The van der Waals surface area contributed by atoms with Crippen LogP contribution in [-0.2, 0) is 0 Å². The van der Waals surface area contributed by atoms with Gasteiger partial charge in [0.2, 0.25) is 5.75 Å². The maximum Gasteiger partial charge on any atom is 0.251 e. The first kappa shape index (κ1) is 21.4. The van der Waals surface area contributed by atoms with E-state index >= 15 is 0 Å². The van der Waals surface area contributed by atoms with Crippen LogP contribution in [0.1, 0.15) is 42.6 Å². The topological polar surface area (TPSA) is 66.0 Å². The Hall–Kier alpha value is -2.89. The van der Waals surface area contributed by atoms with Gasteiger partial charge in [0.25, 0.3) is 5.91 Å². The normalized spacial score (nSPS) is 11.7. The first-order valence-electron chi connectivity index (χ1n) is 9.23. The molecule has 0 unspecified atom stereocenters. The second-order valence-electron chi connectivity index (χ2n) is 6.82. The zero-order valence-electron chi connectivity index (χ0n) is 17.4. The lowest BCUT2D eigenvalue weighted by atomic mass is 10.0. The molecule has 1 amide bonds. The molecular weight excluding hydrogens is 358 g/mol. The Morgan fingerprint density at radius 2 is 1.50 bits per heavy atom. The van der Waals surface area contributed by atoms with Gasteiger partial charge in [0.05, 0.1) is 27.4 Å². The molecule has 0 fully saturated rings. The van der Waals surface area contributed by atoms with Crippen molar-refractivity contribution in [2.75, 3.05) is 27.9 Å². The second kappa shape index (κ2) is 9.88. The van der Waals surface area contributed by atoms with Gasteiger partial charge >= 0.3 is 0 Å². The van der Waals surface area contributed by atoms with Gasteiger partial charge in [0.15, 0.2) is 11.5 Å². The van der Waals surface area contributed by atoms with Crippen LogP contribution in [0.3, 0.4) is 0 Å². The molecule has 0 saturated carbocycles. The molecule has 2 aromatic carbocycles. The number of methoxy groups -OCH3 is 3. The molecule has 0 aromatic heterocycles. The lowest BCUT2D eigenvalue weighted by molar-refractivity contribution is 0.0926. The number of ether oxygens (including phenoxy) is 4. The van der Waals surface area contributed by atoms with Gasteiger partial charge in [-0.15, -0.1) is 0 Å². The maximum atomic E-state index is 12.6. The van der Waals surface area contributed by atoms with E-state index in [1.54, 1.807) is 12.1 Å². The Labute approximate surface area is 166 Å². The van der Waals surface area contributed by atoms with Gasteiger partial charge in [-0.2, -0.15) is 0 Å². The van der Waals surface area contributed by atoms with E-state index in [1.807, 2.05) is 19.1 Å². The summed E-state index contributed by atoms with van der Waals surface area (Å²) in [7, 11) is 4.55. The number of nitrogens with one attached hydrogen (secondary N) is 1. The second-order valence-corrected chi connectivity index (χ2v) is 6.82. The number of carbonyl (C=O) groups is 1. The lowest BCUT2D eigenvalue weighted by Gasteiger charge is -2.17. The number of rotatable bonds is 9. The van der Waals surface area contributed by atoms with Crippen molar-refractivity contribution in [2.24, 2.45) is 0 Å². The number of hydrogen-bond acceptors (Lipinski definition) is 5. The predicted molar refractivity (Wildman–Crippen MR) is 109 cm³/mol. The summed E-state index contributed by atoms with van der Waals surface area (Å²) in [6.45, 7) is 6.54. The van der Waals surface area contributed by atoms with E-state index in [-0.39, 0.29) is 11.9 Å². The molecule has 0 radical (unpaired) electrons. The molecule has 1 N–H and O–H groups in total. The summed E-state index contributed by atoms with van der Waals surface area (Å²) in [4.78, 5) is 12.6. The van der Waals surface area contributed by atoms with Crippen LogP contribution in [0, 0.1) is 0 Å². The van der Waals surface area contributed by atoms with Gasteiger partial charge in [-0.05, 0) is 42.7 Å². The molecule has 28 heavy (non-hydrogen) atoms. The van der Waals surface area contributed by atoms with E-state index in [1.165, 1.54) is 26.9 Å². The monoisotopic (exact) mass is 387 g/mol. The fraction of sp³-hybridized carbons (Fsp3) is 0.409. The molecular formula is C22H29NO5. The minimum Gasteiger partial charge on any atom is -0.493 e. The first-order valence-corrected chi connectivity index (χ1v) is 9.23. The largest absolute Gasteiger partial charge is 0.493 e. The van der Waals surface area contributed by atoms with Crippen LogP contribution in [0.25, 0.3) is 0 Å². The van der Waals surface area contributed by atoms with Crippen LogP contribution >= 0.6 is 0 Å². The van der Waals surface area contributed by atoms with Crippen molar-refractivity contribution in [3.8, 4) is 23.0 Å². The van der Waals surface area contributed by atoms with Crippen molar-refractivity contribution in [1.29, 1.82) is 0 Å². The molecule has 2 rings (SSSR count). The predicted octanol–water partition coefficient (Wildman–Crippen LogP) is 4.03. The van der Waals surface area contributed by atoms with Crippen molar-refractivity contribution in [3.63, 3.8) is 0 Å². The third-order valence-corrected chi connectivity index (χ3v) is 4.35. The molecule has 0 bridgehead atoms. The minimum atomic E-state index is -0.245. The van der Waals surface area contributed by atoms with E-state index in [2.05, 4.69) is 31.3 Å². The number of carbonyl (C=O) groups excluding carboxylic acids is 1. The number of benzene rings is 2. The van der Waals surface area contributed by atoms with Crippen molar-refractivity contribution in [1.82, 2.24) is 5.32 Å². The standard InChI is InChI=1S/C22H29NO5/c1-14(2)16-7-9-18(10-8-16)28-13-15(3)23-22(24)17-11-19(25-4)21(27-6)20(12-17)26-5/h7-12,14-15H,13H2,1-6H3,(H,23,24)/t15-/m0/s1. The summed E-state index contributed by atoms with van der Waals surface area (Å²) in [6, 6.07) is 11.1. The molecule has 0 aliphatic heterocycles. The first-order chi connectivity index (χ1) is 13.4. The summed E-state index contributed by atoms with van der Waals surface area (Å²) < 4.78 is 21.7.